The number of hydrogen-bond donors (Lipinski definition) is 2. The topological polar surface area (TPSA) is 67.4 Å². The van der Waals surface area contributed by atoms with Gasteiger partial charge in [-0.05, 0) is 38.4 Å². The lowest BCUT2D eigenvalue weighted by molar-refractivity contribution is 0.101. The normalized spacial score (nSPS) is 23.5. The van der Waals surface area contributed by atoms with Crippen molar-refractivity contribution in [3.8, 4) is 0 Å². The van der Waals surface area contributed by atoms with Crippen LogP contribution in [0.1, 0.15) is 19.3 Å². The summed E-state index contributed by atoms with van der Waals surface area (Å²) in [5.74, 6) is 0. The van der Waals surface area contributed by atoms with Crippen molar-refractivity contribution in [2.45, 2.75) is 36.3 Å². The molecule has 0 heterocycles. The van der Waals surface area contributed by atoms with Crippen molar-refractivity contribution in [2.24, 2.45) is 0 Å². The quantitative estimate of drug-likeness (QED) is 0.861. The van der Waals surface area contributed by atoms with E-state index in [-0.39, 0.29) is 17.0 Å². The van der Waals surface area contributed by atoms with Gasteiger partial charge in [0, 0.05) is 7.11 Å². The molecule has 2 atom stereocenters. The summed E-state index contributed by atoms with van der Waals surface area (Å²) in [6.45, 7) is 0. The summed E-state index contributed by atoms with van der Waals surface area (Å²) in [4.78, 5) is 0.277. The van der Waals surface area contributed by atoms with Crippen LogP contribution in [0.15, 0.2) is 29.2 Å². The second kappa shape index (κ2) is 5.90. The van der Waals surface area contributed by atoms with Gasteiger partial charge in [0.05, 0.1) is 17.8 Å². The molecular formula is C13H20N2O3S. The Morgan fingerprint density at radius 3 is 2.68 bits per heavy atom. The summed E-state index contributed by atoms with van der Waals surface area (Å²) in [5, 5.41) is 3.31. The lowest BCUT2D eigenvalue weighted by Crippen LogP contribution is -2.31. The van der Waals surface area contributed by atoms with Crippen molar-refractivity contribution in [1.82, 2.24) is 4.72 Å². The largest absolute Gasteiger partial charge is 0.379 e. The first-order valence-electron chi connectivity index (χ1n) is 6.40. The minimum absolute atomic E-state index is 0.144. The van der Waals surface area contributed by atoms with E-state index in [0.717, 1.165) is 19.3 Å². The van der Waals surface area contributed by atoms with Gasteiger partial charge in [0.25, 0.3) is 0 Å². The molecule has 1 saturated carbocycles. The molecule has 1 fully saturated rings. The van der Waals surface area contributed by atoms with Crippen molar-refractivity contribution in [3.05, 3.63) is 24.3 Å². The second-order valence-electron chi connectivity index (χ2n) is 4.66. The van der Waals surface area contributed by atoms with E-state index in [1.54, 1.807) is 25.3 Å². The van der Waals surface area contributed by atoms with E-state index in [2.05, 4.69) is 10.0 Å². The second-order valence-corrected chi connectivity index (χ2v) is 6.51. The average molecular weight is 284 g/mol. The summed E-state index contributed by atoms with van der Waals surface area (Å²) in [6, 6.07) is 7.10. The van der Waals surface area contributed by atoms with Crippen LogP contribution in [-0.2, 0) is 14.8 Å². The average Bonchev–Trinajstić information content (AvgIpc) is 2.86. The molecule has 2 unspecified atom stereocenters. The number of hydrogen-bond acceptors (Lipinski definition) is 4. The van der Waals surface area contributed by atoms with Gasteiger partial charge >= 0.3 is 0 Å². The Kier molecular flexibility index (Phi) is 4.44. The standard InChI is InChI=1S/C13H20N2O3S/c1-14-19(16,17)13-9-4-3-6-11(13)15-10-7-5-8-12(10)18-2/h3-4,6,9-10,12,14-15H,5,7-8H2,1-2H3. The van der Waals surface area contributed by atoms with Crippen LogP contribution < -0.4 is 10.0 Å². The monoisotopic (exact) mass is 284 g/mol. The zero-order valence-corrected chi connectivity index (χ0v) is 12.0. The predicted molar refractivity (Wildman–Crippen MR) is 74.7 cm³/mol. The number of ether oxygens (including phenoxy) is 1. The molecule has 1 aliphatic carbocycles. The maximum Gasteiger partial charge on any atom is 0.242 e. The Bertz CT molecular complexity index is 530. The van der Waals surface area contributed by atoms with E-state index in [9.17, 15) is 8.42 Å². The Morgan fingerprint density at radius 2 is 2.00 bits per heavy atom. The molecular weight excluding hydrogens is 264 g/mol. The van der Waals surface area contributed by atoms with Crippen molar-refractivity contribution in [3.63, 3.8) is 0 Å². The van der Waals surface area contributed by atoms with Gasteiger partial charge in [0.2, 0.25) is 10.0 Å². The highest BCUT2D eigenvalue weighted by molar-refractivity contribution is 7.89. The molecule has 1 aliphatic rings. The molecule has 0 amide bonds. The fraction of sp³-hybridized carbons (Fsp3) is 0.538. The van der Waals surface area contributed by atoms with Gasteiger partial charge in [-0.1, -0.05) is 12.1 Å². The highest BCUT2D eigenvalue weighted by atomic mass is 32.2. The molecule has 0 bridgehead atoms. The molecule has 0 aliphatic heterocycles. The number of sulfonamides is 1. The van der Waals surface area contributed by atoms with Crippen LogP contribution in [0.5, 0.6) is 0 Å². The number of rotatable bonds is 5. The fourth-order valence-corrected chi connectivity index (χ4v) is 3.40. The fourth-order valence-electron chi connectivity index (χ4n) is 2.50. The molecule has 5 nitrogen and oxygen atoms in total. The van der Waals surface area contributed by atoms with Gasteiger partial charge in [-0.25, -0.2) is 13.1 Å². The van der Waals surface area contributed by atoms with Crippen molar-refractivity contribution in [2.75, 3.05) is 19.5 Å². The molecule has 6 heteroatoms. The zero-order valence-electron chi connectivity index (χ0n) is 11.2. The lowest BCUT2D eigenvalue weighted by atomic mass is 10.2. The van der Waals surface area contributed by atoms with Gasteiger partial charge in [-0.2, -0.15) is 0 Å². The Labute approximate surface area is 114 Å². The molecule has 1 aromatic rings. The first kappa shape index (κ1) is 14.3. The summed E-state index contributed by atoms with van der Waals surface area (Å²) in [7, 11) is -0.336. The van der Waals surface area contributed by atoms with E-state index in [1.165, 1.54) is 7.05 Å². The van der Waals surface area contributed by atoms with E-state index >= 15 is 0 Å². The number of nitrogens with one attached hydrogen (secondary N) is 2. The van der Waals surface area contributed by atoms with Crippen LogP contribution in [0, 0.1) is 0 Å². The summed E-state index contributed by atoms with van der Waals surface area (Å²) in [5.41, 5.74) is 0.630. The van der Waals surface area contributed by atoms with Gasteiger partial charge in [-0.3, -0.25) is 0 Å². The maximum atomic E-state index is 12.0. The zero-order chi connectivity index (χ0) is 13.9. The summed E-state index contributed by atoms with van der Waals surface area (Å²) < 4.78 is 31.7. The minimum atomic E-state index is -3.45. The SMILES string of the molecule is CNS(=O)(=O)c1ccccc1NC1CCCC1OC. The van der Waals surface area contributed by atoms with Crippen LogP contribution in [0.4, 0.5) is 5.69 Å². The molecule has 2 rings (SSSR count). The van der Waals surface area contributed by atoms with Gasteiger partial charge in [0.1, 0.15) is 4.90 Å². The maximum absolute atomic E-state index is 12.0. The first-order chi connectivity index (χ1) is 9.08. The van der Waals surface area contributed by atoms with E-state index in [0.29, 0.717) is 5.69 Å². The number of anilines is 1. The molecule has 1 aromatic carbocycles. The third kappa shape index (κ3) is 3.08. The van der Waals surface area contributed by atoms with Crippen LogP contribution in [0.3, 0.4) is 0 Å². The Hall–Kier alpha value is -1.11. The van der Waals surface area contributed by atoms with Crippen LogP contribution in [-0.4, -0.2) is 34.7 Å². The lowest BCUT2D eigenvalue weighted by Gasteiger charge is -2.22. The van der Waals surface area contributed by atoms with Gasteiger partial charge < -0.3 is 10.1 Å². The molecule has 106 valence electrons. The number of methoxy groups -OCH3 is 1. The molecule has 0 aromatic heterocycles. The molecule has 0 spiro atoms. The molecule has 2 N–H and O–H groups in total. The van der Waals surface area contributed by atoms with Crippen molar-refractivity contribution in [1.29, 1.82) is 0 Å². The smallest absolute Gasteiger partial charge is 0.242 e. The Morgan fingerprint density at radius 1 is 1.26 bits per heavy atom. The minimum Gasteiger partial charge on any atom is -0.379 e. The molecule has 0 radical (unpaired) electrons. The van der Waals surface area contributed by atoms with E-state index in [4.69, 9.17) is 4.74 Å². The van der Waals surface area contributed by atoms with Gasteiger partial charge in [-0.15, -0.1) is 0 Å². The van der Waals surface area contributed by atoms with Gasteiger partial charge in [0.15, 0.2) is 0 Å². The summed E-state index contributed by atoms with van der Waals surface area (Å²) >= 11 is 0. The van der Waals surface area contributed by atoms with Crippen molar-refractivity contribution < 1.29 is 13.2 Å². The Balaban J connectivity index is 2.26. The van der Waals surface area contributed by atoms with Crippen molar-refractivity contribution >= 4 is 15.7 Å². The number of benzene rings is 1. The molecule has 0 saturated heterocycles. The summed E-state index contributed by atoms with van der Waals surface area (Å²) in [6.07, 6.45) is 3.24. The van der Waals surface area contributed by atoms with Crippen LogP contribution in [0.25, 0.3) is 0 Å². The highest BCUT2D eigenvalue weighted by Crippen LogP contribution is 2.28. The highest BCUT2D eigenvalue weighted by Gasteiger charge is 2.28. The number of para-hydroxylation sites is 1. The van der Waals surface area contributed by atoms with E-state index < -0.39 is 10.0 Å². The third-order valence-corrected chi connectivity index (χ3v) is 5.01. The van der Waals surface area contributed by atoms with Crippen LogP contribution in [0.2, 0.25) is 0 Å². The third-order valence-electron chi connectivity index (χ3n) is 3.54. The molecule has 19 heavy (non-hydrogen) atoms. The van der Waals surface area contributed by atoms with E-state index in [1.807, 2.05) is 6.07 Å². The predicted octanol–water partition coefficient (Wildman–Crippen LogP) is 1.57. The first-order valence-corrected chi connectivity index (χ1v) is 7.88. The van der Waals surface area contributed by atoms with Crippen LogP contribution >= 0.6 is 0 Å².